The molecule has 3 nitrogen and oxygen atoms in total. The molecule has 4 bridgehead atoms. The largest absolute Gasteiger partial charge is 0.393 e. The molecule has 0 aromatic heterocycles. The zero-order valence-corrected chi connectivity index (χ0v) is 8.89. The van der Waals surface area contributed by atoms with E-state index < -0.39 is 0 Å². The topological polar surface area (TPSA) is 38.7 Å². The minimum absolute atomic E-state index is 0.0312. The lowest BCUT2D eigenvalue weighted by Crippen LogP contribution is -2.62. The number of aliphatic hydroxyl groups is 1. The van der Waals surface area contributed by atoms with Crippen LogP contribution in [0, 0.1) is 23.7 Å². The van der Waals surface area contributed by atoms with Gasteiger partial charge in [0.2, 0.25) is 0 Å². The van der Waals surface area contributed by atoms with E-state index in [1.807, 2.05) is 0 Å². The quantitative estimate of drug-likeness (QED) is 0.652. The molecule has 3 heteroatoms. The van der Waals surface area contributed by atoms with Crippen LogP contribution in [0.25, 0.3) is 0 Å². The SMILES string of the molecule is OC1C2CC3CC1CC(C2)C31OCCO1. The Morgan fingerprint density at radius 3 is 1.80 bits per heavy atom. The maximum atomic E-state index is 10.1. The normalized spacial score (nSPS) is 55.4. The molecule has 5 fully saturated rings. The highest BCUT2D eigenvalue weighted by Gasteiger charge is 2.63. The van der Waals surface area contributed by atoms with Gasteiger partial charge in [0.25, 0.3) is 0 Å². The summed E-state index contributed by atoms with van der Waals surface area (Å²) in [5.41, 5.74) is 0. The first-order valence-electron chi connectivity index (χ1n) is 6.25. The lowest BCUT2D eigenvalue weighted by molar-refractivity contribution is -0.302. The van der Waals surface area contributed by atoms with Gasteiger partial charge in [0, 0.05) is 11.8 Å². The standard InChI is InChI=1S/C12H18O3/c13-11-7-3-9-5-8(11)6-10(4-7)12(9)14-1-2-15-12/h7-11,13H,1-6H2. The Morgan fingerprint density at radius 2 is 1.33 bits per heavy atom. The average molecular weight is 210 g/mol. The fourth-order valence-corrected chi connectivity index (χ4v) is 4.70. The first-order chi connectivity index (χ1) is 7.29. The van der Waals surface area contributed by atoms with E-state index >= 15 is 0 Å². The smallest absolute Gasteiger partial charge is 0.174 e. The van der Waals surface area contributed by atoms with Gasteiger partial charge in [-0.15, -0.1) is 0 Å². The van der Waals surface area contributed by atoms with E-state index in [1.54, 1.807) is 0 Å². The molecular weight excluding hydrogens is 192 g/mol. The van der Waals surface area contributed by atoms with Crippen molar-refractivity contribution >= 4 is 0 Å². The molecule has 1 spiro atoms. The summed E-state index contributed by atoms with van der Waals surface area (Å²) in [5.74, 6) is 1.96. The highest BCUT2D eigenvalue weighted by Crippen LogP contribution is 2.60. The molecular formula is C12H18O3. The zero-order chi connectivity index (χ0) is 10.0. The van der Waals surface area contributed by atoms with Gasteiger partial charge in [-0.05, 0) is 37.5 Å². The van der Waals surface area contributed by atoms with Gasteiger partial charge in [-0.25, -0.2) is 0 Å². The van der Waals surface area contributed by atoms with Crippen molar-refractivity contribution in [2.45, 2.75) is 37.6 Å². The predicted octanol–water partition coefficient (Wildman–Crippen LogP) is 1.16. The number of ether oxygens (including phenoxy) is 2. The van der Waals surface area contributed by atoms with Crippen LogP contribution in [0.15, 0.2) is 0 Å². The summed E-state index contributed by atoms with van der Waals surface area (Å²) in [5, 5.41) is 10.1. The van der Waals surface area contributed by atoms with Crippen LogP contribution in [-0.2, 0) is 9.47 Å². The summed E-state index contributed by atoms with van der Waals surface area (Å²) in [4.78, 5) is 0. The fraction of sp³-hybridized carbons (Fsp3) is 1.00. The third kappa shape index (κ3) is 0.973. The van der Waals surface area contributed by atoms with Gasteiger partial charge in [-0.1, -0.05) is 0 Å². The zero-order valence-electron chi connectivity index (χ0n) is 8.89. The van der Waals surface area contributed by atoms with Crippen molar-refractivity contribution < 1.29 is 14.6 Å². The van der Waals surface area contributed by atoms with Crippen LogP contribution in [0.3, 0.4) is 0 Å². The van der Waals surface area contributed by atoms with Gasteiger partial charge in [0.05, 0.1) is 19.3 Å². The van der Waals surface area contributed by atoms with Crippen molar-refractivity contribution in [1.29, 1.82) is 0 Å². The fourth-order valence-electron chi connectivity index (χ4n) is 4.70. The van der Waals surface area contributed by atoms with E-state index in [9.17, 15) is 5.11 Å². The Morgan fingerprint density at radius 1 is 0.867 bits per heavy atom. The summed E-state index contributed by atoms with van der Waals surface area (Å²) in [7, 11) is 0. The van der Waals surface area contributed by atoms with Gasteiger partial charge in [0.1, 0.15) is 0 Å². The molecule has 84 valence electrons. The third-order valence-corrected chi connectivity index (χ3v) is 5.19. The van der Waals surface area contributed by atoms with Crippen molar-refractivity contribution in [2.75, 3.05) is 13.2 Å². The van der Waals surface area contributed by atoms with Crippen LogP contribution in [0.4, 0.5) is 0 Å². The van der Waals surface area contributed by atoms with Crippen molar-refractivity contribution in [1.82, 2.24) is 0 Å². The molecule has 4 saturated carbocycles. The molecule has 5 aliphatic rings. The van der Waals surface area contributed by atoms with Crippen molar-refractivity contribution in [3.8, 4) is 0 Å². The summed E-state index contributed by atoms with van der Waals surface area (Å²) in [6.07, 6.45) is 4.45. The lowest BCUT2D eigenvalue weighted by Gasteiger charge is -2.59. The minimum Gasteiger partial charge on any atom is -0.393 e. The maximum Gasteiger partial charge on any atom is 0.174 e. The monoisotopic (exact) mass is 210 g/mol. The lowest BCUT2D eigenvalue weighted by atomic mass is 9.52. The second-order valence-electron chi connectivity index (χ2n) is 5.77. The van der Waals surface area contributed by atoms with E-state index in [-0.39, 0.29) is 11.9 Å². The number of hydrogen-bond acceptors (Lipinski definition) is 3. The summed E-state index contributed by atoms with van der Waals surface area (Å²) in [6.45, 7) is 1.54. The Bertz CT molecular complexity index is 251. The maximum absolute atomic E-state index is 10.1. The molecule has 0 unspecified atom stereocenters. The van der Waals surface area contributed by atoms with E-state index in [2.05, 4.69) is 0 Å². The Kier molecular flexibility index (Phi) is 1.65. The Labute approximate surface area is 89.8 Å². The molecule has 4 aliphatic carbocycles. The Hall–Kier alpha value is -0.120. The number of aliphatic hydroxyl groups excluding tert-OH is 1. The first-order valence-corrected chi connectivity index (χ1v) is 6.25. The molecule has 15 heavy (non-hydrogen) atoms. The average Bonchev–Trinajstić information content (AvgIpc) is 2.66. The van der Waals surface area contributed by atoms with Crippen LogP contribution >= 0.6 is 0 Å². The molecule has 0 atom stereocenters. The molecule has 1 aliphatic heterocycles. The van der Waals surface area contributed by atoms with Crippen LogP contribution in [0.5, 0.6) is 0 Å². The van der Waals surface area contributed by atoms with Crippen LogP contribution in [-0.4, -0.2) is 30.2 Å². The van der Waals surface area contributed by atoms with Gasteiger partial charge in [0.15, 0.2) is 5.79 Å². The molecule has 0 aromatic carbocycles. The van der Waals surface area contributed by atoms with Crippen LogP contribution in [0.2, 0.25) is 0 Å². The van der Waals surface area contributed by atoms with Crippen molar-refractivity contribution in [3.63, 3.8) is 0 Å². The van der Waals surface area contributed by atoms with Crippen LogP contribution in [0.1, 0.15) is 25.7 Å². The predicted molar refractivity (Wildman–Crippen MR) is 53.1 cm³/mol. The Balaban J connectivity index is 1.71. The van der Waals surface area contributed by atoms with E-state index in [1.165, 1.54) is 0 Å². The molecule has 1 N–H and O–H groups in total. The highest BCUT2D eigenvalue weighted by atomic mass is 16.7. The van der Waals surface area contributed by atoms with Crippen LogP contribution < -0.4 is 0 Å². The highest BCUT2D eigenvalue weighted by molar-refractivity contribution is 5.07. The van der Waals surface area contributed by atoms with Crippen molar-refractivity contribution in [3.05, 3.63) is 0 Å². The molecule has 0 amide bonds. The summed E-state index contributed by atoms with van der Waals surface area (Å²) >= 11 is 0. The summed E-state index contributed by atoms with van der Waals surface area (Å²) < 4.78 is 11.9. The van der Waals surface area contributed by atoms with E-state index in [0.29, 0.717) is 23.7 Å². The first kappa shape index (κ1) is 8.97. The van der Waals surface area contributed by atoms with Gasteiger partial charge in [-0.2, -0.15) is 0 Å². The second-order valence-corrected chi connectivity index (χ2v) is 5.77. The molecule has 1 saturated heterocycles. The van der Waals surface area contributed by atoms with Gasteiger partial charge in [-0.3, -0.25) is 0 Å². The van der Waals surface area contributed by atoms with E-state index in [0.717, 1.165) is 38.9 Å². The van der Waals surface area contributed by atoms with Crippen molar-refractivity contribution in [2.24, 2.45) is 23.7 Å². The molecule has 1 heterocycles. The van der Waals surface area contributed by atoms with Gasteiger partial charge < -0.3 is 14.6 Å². The second kappa shape index (κ2) is 2.76. The molecule has 5 rings (SSSR count). The molecule has 0 radical (unpaired) electrons. The minimum atomic E-state index is -0.229. The number of rotatable bonds is 0. The third-order valence-electron chi connectivity index (χ3n) is 5.19. The summed E-state index contributed by atoms with van der Waals surface area (Å²) in [6, 6.07) is 0. The van der Waals surface area contributed by atoms with E-state index in [4.69, 9.17) is 9.47 Å². The number of hydrogen-bond donors (Lipinski definition) is 1. The molecule has 0 aromatic rings. The van der Waals surface area contributed by atoms with Gasteiger partial charge >= 0.3 is 0 Å².